The number of nitrogens with zero attached hydrogens (tertiary/aromatic N) is 1. The van der Waals surface area contributed by atoms with Crippen molar-refractivity contribution in [3.8, 4) is 0 Å². The highest BCUT2D eigenvalue weighted by molar-refractivity contribution is 7.99. The van der Waals surface area contributed by atoms with E-state index < -0.39 is 0 Å². The lowest BCUT2D eigenvalue weighted by molar-refractivity contribution is 0.404. The van der Waals surface area contributed by atoms with Crippen LogP contribution in [0.3, 0.4) is 0 Å². The molecule has 0 amide bonds. The monoisotopic (exact) mass is 226 g/mol. The van der Waals surface area contributed by atoms with Crippen molar-refractivity contribution in [2.75, 3.05) is 12.8 Å². The van der Waals surface area contributed by atoms with Crippen LogP contribution in [0.1, 0.15) is 49.1 Å². The van der Waals surface area contributed by atoms with Gasteiger partial charge >= 0.3 is 0 Å². The zero-order chi connectivity index (χ0) is 10.7. The Labute approximate surface area is 95.0 Å². The van der Waals surface area contributed by atoms with Crippen molar-refractivity contribution < 1.29 is 4.42 Å². The van der Waals surface area contributed by atoms with Gasteiger partial charge in [-0.25, -0.2) is 4.98 Å². The Hall–Kier alpha value is -0.480. The summed E-state index contributed by atoms with van der Waals surface area (Å²) in [7, 11) is 1.93. The van der Waals surface area contributed by atoms with E-state index in [0.717, 1.165) is 11.7 Å². The van der Waals surface area contributed by atoms with Gasteiger partial charge in [-0.3, -0.25) is 0 Å². The summed E-state index contributed by atoms with van der Waals surface area (Å²) in [6.45, 7) is 2.08. The van der Waals surface area contributed by atoms with Gasteiger partial charge in [0.05, 0.1) is 17.5 Å². The fourth-order valence-corrected chi connectivity index (χ4v) is 2.97. The van der Waals surface area contributed by atoms with Gasteiger partial charge in [0, 0.05) is 0 Å². The molecule has 1 aliphatic heterocycles. The van der Waals surface area contributed by atoms with Crippen LogP contribution in [0.2, 0.25) is 0 Å². The van der Waals surface area contributed by atoms with E-state index in [1.807, 2.05) is 25.0 Å². The lowest BCUT2D eigenvalue weighted by Gasteiger charge is -2.17. The van der Waals surface area contributed by atoms with Crippen molar-refractivity contribution in [3.05, 3.63) is 17.8 Å². The third-order valence-electron chi connectivity index (χ3n) is 2.86. The summed E-state index contributed by atoms with van der Waals surface area (Å²) in [5, 5.41) is 3.64. The van der Waals surface area contributed by atoms with Crippen LogP contribution in [-0.4, -0.2) is 17.8 Å². The number of hydrogen-bond donors (Lipinski definition) is 1. The van der Waals surface area contributed by atoms with Crippen molar-refractivity contribution in [1.29, 1.82) is 0 Å². The molecular weight excluding hydrogens is 208 g/mol. The topological polar surface area (TPSA) is 38.1 Å². The number of nitrogens with one attached hydrogen (secondary N) is 1. The van der Waals surface area contributed by atoms with Crippen LogP contribution >= 0.6 is 11.8 Å². The van der Waals surface area contributed by atoms with Crippen molar-refractivity contribution in [1.82, 2.24) is 10.3 Å². The number of oxazole rings is 1. The second-order valence-electron chi connectivity index (χ2n) is 3.97. The van der Waals surface area contributed by atoms with Crippen LogP contribution in [0.5, 0.6) is 0 Å². The van der Waals surface area contributed by atoms with Crippen molar-refractivity contribution >= 4 is 11.8 Å². The fourth-order valence-electron chi connectivity index (χ4n) is 1.73. The molecule has 1 saturated heterocycles. The summed E-state index contributed by atoms with van der Waals surface area (Å²) in [6, 6.07) is 0.250. The normalized spacial score (nSPS) is 24.0. The molecule has 84 valence electrons. The molecule has 1 aromatic heterocycles. The van der Waals surface area contributed by atoms with E-state index in [9.17, 15) is 0 Å². The quantitative estimate of drug-likeness (QED) is 0.860. The summed E-state index contributed by atoms with van der Waals surface area (Å²) in [5.41, 5.74) is 0. The average Bonchev–Trinajstić information content (AvgIpc) is 2.78. The van der Waals surface area contributed by atoms with Gasteiger partial charge in [0.2, 0.25) is 5.89 Å². The third kappa shape index (κ3) is 2.55. The van der Waals surface area contributed by atoms with Crippen molar-refractivity contribution in [3.63, 3.8) is 0 Å². The molecule has 0 bridgehead atoms. The molecule has 2 atom stereocenters. The highest BCUT2D eigenvalue weighted by Crippen LogP contribution is 2.38. The number of thioether (sulfide) groups is 1. The maximum atomic E-state index is 5.78. The predicted molar refractivity (Wildman–Crippen MR) is 63.0 cm³/mol. The predicted octanol–water partition coefficient (Wildman–Crippen LogP) is 2.91. The minimum Gasteiger partial charge on any atom is -0.443 e. The lowest BCUT2D eigenvalue weighted by atomic mass is 10.2. The third-order valence-corrected chi connectivity index (χ3v) is 4.22. The van der Waals surface area contributed by atoms with Gasteiger partial charge in [0.25, 0.3) is 0 Å². The molecule has 0 aliphatic carbocycles. The smallest absolute Gasteiger partial charge is 0.207 e. The molecule has 3 nitrogen and oxygen atoms in total. The molecule has 2 unspecified atom stereocenters. The van der Waals surface area contributed by atoms with Crippen molar-refractivity contribution in [2.24, 2.45) is 0 Å². The Morgan fingerprint density at radius 1 is 1.60 bits per heavy atom. The Balaban J connectivity index is 2.05. The summed E-state index contributed by atoms with van der Waals surface area (Å²) in [6.07, 6.45) is 5.70. The van der Waals surface area contributed by atoms with Gasteiger partial charge in [-0.15, -0.1) is 11.8 Å². The van der Waals surface area contributed by atoms with E-state index in [4.69, 9.17) is 4.42 Å². The van der Waals surface area contributed by atoms with E-state index in [1.54, 1.807) is 0 Å². The molecule has 2 heterocycles. The van der Waals surface area contributed by atoms with Gasteiger partial charge in [-0.1, -0.05) is 6.42 Å². The first-order chi connectivity index (χ1) is 7.31. The van der Waals surface area contributed by atoms with Gasteiger partial charge in [0.15, 0.2) is 0 Å². The highest BCUT2D eigenvalue weighted by atomic mass is 32.2. The molecule has 1 aromatic rings. The molecule has 0 aromatic carbocycles. The Kier molecular flexibility index (Phi) is 3.70. The molecule has 1 N–H and O–H groups in total. The van der Waals surface area contributed by atoms with Gasteiger partial charge in [0.1, 0.15) is 5.76 Å². The van der Waals surface area contributed by atoms with Crippen LogP contribution in [0.15, 0.2) is 10.6 Å². The summed E-state index contributed by atoms with van der Waals surface area (Å²) in [5.74, 6) is 3.10. The van der Waals surface area contributed by atoms with Crippen LogP contribution in [-0.2, 0) is 0 Å². The minimum absolute atomic E-state index is 0.250. The number of hydrogen-bond acceptors (Lipinski definition) is 4. The Bertz CT molecular complexity index is 307. The van der Waals surface area contributed by atoms with E-state index >= 15 is 0 Å². The SMILES string of the molecule is CNC(C)c1cnc(C2CCCCS2)o1. The largest absolute Gasteiger partial charge is 0.443 e. The van der Waals surface area contributed by atoms with Crippen LogP contribution in [0, 0.1) is 0 Å². The fraction of sp³-hybridized carbons (Fsp3) is 0.727. The van der Waals surface area contributed by atoms with E-state index in [1.165, 1.54) is 25.0 Å². The van der Waals surface area contributed by atoms with E-state index in [0.29, 0.717) is 5.25 Å². The standard InChI is InChI=1S/C11H18N2OS/c1-8(12-2)9-7-13-11(14-9)10-5-3-4-6-15-10/h7-8,10,12H,3-6H2,1-2H3. The number of aromatic nitrogens is 1. The Morgan fingerprint density at radius 2 is 2.47 bits per heavy atom. The molecule has 0 radical (unpaired) electrons. The van der Waals surface area contributed by atoms with E-state index in [2.05, 4.69) is 17.2 Å². The number of rotatable bonds is 3. The summed E-state index contributed by atoms with van der Waals surface area (Å²) < 4.78 is 5.78. The molecule has 4 heteroatoms. The summed E-state index contributed by atoms with van der Waals surface area (Å²) >= 11 is 1.97. The summed E-state index contributed by atoms with van der Waals surface area (Å²) in [4.78, 5) is 4.38. The first-order valence-electron chi connectivity index (χ1n) is 5.55. The van der Waals surface area contributed by atoms with Crippen molar-refractivity contribution in [2.45, 2.75) is 37.5 Å². The molecule has 0 spiro atoms. The van der Waals surface area contributed by atoms with Crippen LogP contribution in [0.25, 0.3) is 0 Å². The second-order valence-corrected chi connectivity index (χ2v) is 5.28. The maximum absolute atomic E-state index is 5.78. The second kappa shape index (κ2) is 5.03. The van der Waals surface area contributed by atoms with Gasteiger partial charge in [-0.05, 0) is 32.6 Å². The molecule has 1 aliphatic rings. The van der Waals surface area contributed by atoms with Gasteiger partial charge < -0.3 is 9.73 Å². The highest BCUT2D eigenvalue weighted by Gasteiger charge is 2.21. The van der Waals surface area contributed by atoms with E-state index in [-0.39, 0.29) is 6.04 Å². The first-order valence-corrected chi connectivity index (χ1v) is 6.60. The van der Waals surface area contributed by atoms with Gasteiger partial charge in [-0.2, -0.15) is 0 Å². The molecule has 2 rings (SSSR count). The zero-order valence-electron chi connectivity index (χ0n) is 9.32. The van der Waals surface area contributed by atoms with Crippen LogP contribution < -0.4 is 5.32 Å². The molecule has 15 heavy (non-hydrogen) atoms. The maximum Gasteiger partial charge on any atom is 0.207 e. The van der Waals surface area contributed by atoms with Crippen LogP contribution in [0.4, 0.5) is 0 Å². The average molecular weight is 226 g/mol. The first kappa shape index (κ1) is 11.0. The zero-order valence-corrected chi connectivity index (χ0v) is 10.1. The lowest BCUT2D eigenvalue weighted by Crippen LogP contribution is -2.11. The molecule has 1 fully saturated rings. The molecular formula is C11H18N2OS. The minimum atomic E-state index is 0.250. The Morgan fingerprint density at radius 3 is 3.13 bits per heavy atom. The molecule has 0 saturated carbocycles.